The van der Waals surface area contributed by atoms with Crippen molar-refractivity contribution in [2.24, 2.45) is 5.92 Å². The van der Waals surface area contributed by atoms with Gasteiger partial charge in [0.05, 0.1) is 12.7 Å². The average molecular weight is 204 g/mol. The lowest BCUT2D eigenvalue weighted by Gasteiger charge is -2.28. The van der Waals surface area contributed by atoms with Gasteiger partial charge in [-0.2, -0.15) is 0 Å². The zero-order valence-corrected chi connectivity index (χ0v) is 8.73. The number of benzene rings is 1. The van der Waals surface area contributed by atoms with E-state index in [1.165, 1.54) is 5.56 Å². The van der Waals surface area contributed by atoms with Crippen LogP contribution >= 0.6 is 0 Å². The molecular weight excluding hydrogens is 188 g/mol. The Morgan fingerprint density at radius 1 is 1.53 bits per heavy atom. The average Bonchev–Trinajstić information content (AvgIpc) is 2.29. The molecule has 0 amide bonds. The van der Waals surface area contributed by atoms with Crippen LogP contribution in [0.2, 0.25) is 0 Å². The van der Waals surface area contributed by atoms with Crippen molar-refractivity contribution in [1.29, 1.82) is 0 Å². The van der Waals surface area contributed by atoms with Gasteiger partial charge in [0.25, 0.3) is 0 Å². The Kier molecular flexibility index (Phi) is 3.07. The van der Waals surface area contributed by atoms with Gasteiger partial charge in [0, 0.05) is 5.92 Å². The Bertz CT molecular complexity index is 346. The molecule has 0 radical (unpaired) electrons. The molecule has 0 aromatic heterocycles. The van der Waals surface area contributed by atoms with Gasteiger partial charge in [0.1, 0.15) is 5.75 Å². The molecule has 0 spiro atoms. The molecular formula is C13H16O2. The highest BCUT2D eigenvalue weighted by Gasteiger charge is 2.24. The highest BCUT2D eigenvalue weighted by atomic mass is 16.5. The Labute approximate surface area is 90.2 Å². The van der Waals surface area contributed by atoms with Crippen LogP contribution in [0, 0.1) is 5.92 Å². The summed E-state index contributed by atoms with van der Waals surface area (Å²) < 4.78 is 5.61. The molecule has 2 unspecified atom stereocenters. The van der Waals surface area contributed by atoms with Crippen molar-refractivity contribution in [3.63, 3.8) is 0 Å². The molecule has 0 fully saturated rings. The van der Waals surface area contributed by atoms with Crippen molar-refractivity contribution >= 4 is 0 Å². The van der Waals surface area contributed by atoms with E-state index in [-0.39, 0.29) is 12.0 Å². The molecule has 1 aromatic rings. The molecule has 2 nitrogen and oxygen atoms in total. The maximum absolute atomic E-state index is 9.85. The van der Waals surface area contributed by atoms with Gasteiger partial charge in [0.15, 0.2) is 0 Å². The number of hydrogen-bond acceptors (Lipinski definition) is 2. The molecule has 1 aliphatic heterocycles. The van der Waals surface area contributed by atoms with Gasteiger partial charge in [-0.1, -0.05) is 24.3 Å². The van der Waals surface area contributed by atoms with Gasteiger partial charge in [-0.25, -0.2) is 0 Å². The fraction of sp³-hybridized carbons (Fsp3) is 0.385. The van der Waals surface area contributed by atoms with Gasteiger partial charge in [-0.05, 0) is 24.5 Å². The van der Waals surface area contributed by atoms with Gasteiger partial charge in [-0.15, -0.1) is 6.58 Å². The summed E-state index contributed by atoms with van der Waals surface area (Å²) >= 11 is 0. The van der Waals surface area contributed by atoms with Crippen LogP contribution in [0.25, 0.3) is 0 Å². The summed E-state index contributed by atoms with van der Waals surface area (Å²) in [7, 11) is 0. The number of ether oxygens (including phenoxy) is 1. The second-order valence-electron chi connectivity index (χ2n) is 3.97. The van der Waals surface area contributed by atoms with E-state index < -0.39 is 0 Å². The number of para-hydroxylation sites is 1. The summed E-state index contributed by atoms with van der Waals surface area (Å²) in [6, 6.07) is 8.01. The minimum absolute atomic E-state index is 0.192. The summed E-state index contributed by atoms with van der Waals surface area (Å²) in [6.45, 7) is 4.24. The fourth-order valence-corrected chi connectivity index (χ4v) is 1.96. The first-order valence-electron chi connectivity index (χ1n) is 5.31. The van der Waals surface area contributed by atoms with Crippen molar-refractivity contribution in [1.82, 2.24) is 0 Å². The van der Waals surface area contributed by atoms with Crippen LogP contribution in [0.4, 0.5) is 0 Å². The van der Waals surface area contributed by atoms with Crippen LogP contribution in [0.1, 0.15) is 12.0 Å². The molecule has 1 heterocycles. The van der Waals surface area contributed by atoms with Gasteiger partial charge >= 0.3 is 0 Å². The van der Waals surface area contributed by atoms with Crippen LogP contribution in [0.3, 0.4) is 0 Å². The SMILES string of the molecule is C=CCC(O)C1COc2ccccc2C1. The number of hydrogen-bond donors (Lipinski definition) is 1. The molecule has 2 rings (SSSR count). The molecule has 80 valence electrons. The zero-order chi connectivity index (χ0) is 10.7. The molecule has 15 heavy (non-hydrogen) atoms. The van der Waals surface area contributed by atoms with Crippen LogP contribution in [-0.4, -0.2) is 17.8 Å². The molecule has 0 aliphatic carbocycles. The van der Waals surface area contributed by atoms with Crippen molar-refractivity contribution in [2.75, 3.05) is 6.61 Å². The molecule has 0 saturated heterocycles. The van der Waals surface area contributed by atoms with Crippen LogP contribution in [0.5, 0.6) is 5.75 Å². The van der Waals surface area contributed by atoms with E-state index in [1.54, 1.807) is 6.08 Å². The number of rotatable bonds is 3. The molecule has 1 N–H and O–H groups in total. The Balaban J connectivity index is 2.08. The lowest BCUT2D eigenvalue weighted by Crippen LogP contribution is -2.31. The number of aliphatic hydroxyl groups excluding tert-OH is 1. The first-order valence-corrected chi connectivity index (χ1v) is 5.31. The van der Waals surface area contributed by atoms with Crippen molar-refractivity contribution in [2.45, 2.75) is 18.9 Å². The minimum Gasteiger partial charge on any atom is -0.493 e. The Morgan fingerprint density at radius 2 is 2.33 bits per heavy atom. The van der Waals surface area contributed by atoms with E-state index in [1.807, 2.05) is 18.2 Å². The van der Waals surface area contributed by atoms with E-state index in [0.717, 1.165) is 12.2 Å². The summed E-state index contributed by atoms with van der Waals surface area (Å²) in [6.07, 6.45) is 2.95. The minimum atomic E-state index is -0.337. The lowest BCUT2D eigenvalue weighted by molar-refractivity contribution is 0.0672. The Hall–Kier alpha value is -1.28. The first-order chi connectivity index (χ1) is 7.31. The quantitative estimate of drug-likeness (QED) is 0.765. The normalized spacial score (nSPS) is 21.3. The molecule has 2 atom stereocenters. The fourth-order valence-electron chi connectivity index (χ4n) is 1.96. The van der Waals surface area contributed by atoms with Crippen molar-refractivity contribution in [3.8, 4) is 5.75 Å². The highest BCUT2D eigenvalue weighted by molar-refractivity contribution is 5.35. The van der Waals surface area contributed by atoms with Crippen LogP contribution < -0.4 is 4.74 Å². The Morgan fingerprint density at radius 3 is 3.13 bits per heavy atom. The summed E-state index contributed by atoms with van der Waals surface area (Å²) in [5.74, 6) is 1.15. The molecule has 1 aromatic carbocycles. The van der Waals surface area contributed by atoms with Crippen molar-refractivity contribution in [3.05, 3.63) is 42.5 Å². The monoisotopic (exact) mass is 204 g/mol. The zero-order valence-electron chi connectivity index (χ0n) is 8.73. The highest BCUT2D eigenvalue weighted by Crippen LogP contribution is 2.28. The van der Waals surface area contributed by atoms with Crippen LogP contribution in [0.15, 0.2) is 36.9 Å². The molecule has 1 aliphatic rings. The van der Waals surface area contributed by atoms with E-state index in [0.29, 0.717) is 13.0 Å². The summed E-state index contributed by atoms with van der Waals surface area (Å²) in [4.78, 5) is 0. The third kappa shape index (κ3) is 2.21. The van der Waals surface area contributed by atoms with E-state index in [4.69, 9.17) is 4.74 Å². The summed E-state index contributed by atoms with van der Waals surface area (Å²) in [5, 5.41) is 9.85. The van der Waals surface area contributed by atoms with E-state index in [9.17, 15) is 5.11 Å². The number of fused-ring (bicyclic) bond motifs is 1. The predicted octanol–water partition coefficient (Wildman–Crippen LogP) is 2.17. The number of aliphatic hydroxyl groups is 1. The smallest absolute Gasteiger partial charge is 0.122 e. The molecule has 0 saturated carbocycles. The van der Waals surface area contributed by atoms with E-state index in [2.05, 4.69) is 12.6 Å². The molecule has 0 bridgehead atoms. The van der Waals surface area contributed by atoms with E-state index >= 15 is 0 Å². The predicted molar refractivity (Wildman–Crippen MR) is 60.0 cm³/mol. The second-order valence-corrected chi connectivity index (χ2v) is 3.97. The standard InChI is InChI=1S/C13H16O2/c1-2-5-12(14)11-8-10-6-3-4-7-13(10)15-9-11/h2-4,6-7,11-12,14H,1,5,8-9H2. The largest absolute Gasteiger partial charge is 0.493 e. The maximum atomic E-state index is 9.85. The topological polar surface area (TPSA) is 29.5 Å². The van der Waals surface area contributed by atoms with Gasteiger partial charge in [0.2, 0.25) is 0 Å². The summed E-state index contributed by atoms with van der Waals surface area (Å²) in [5.41, 5.74) is 1.19. The van der Waals surface area contributed by atoms with Gasteiger partial charge in [-0.3, -0.25) is 0 Å². The third-order valence-corrected chi connectivity index (χ3v) is 2.86. The van der Waals surface area contributed by atoms with Crippen LogP contribution in [-0.2, 0) is 6.42 Å². The lowest BCUT2D eigenvalue weighted by atomic mass is 9.90. The second kappa shape index (κ2) is 4.49. The third-order valence-electron chi connectivity index (χ3n) is 2.86. The molecule has 2 heteroatoms. The van der Waals surface area contributed by atoms with Gasteiger partial charge < -0.3 is 9.84 Å². The van der Waals surface area contributed by atoms with Crippen molar-refractivity contribution < 1.29 is 9.84 Å². The maximum Gasteiger partial charge on any atom is 0.122 e. The first kappa shape index (κ1) is 10.2.